The molecule has 7 heteroatoms. The van der Waals surface area contributed by atoms with Gasteiger partial charge in [0.05, 0.1) is 11.1 Å². The number of rotatable bonds is 5. The fourth-order valence-corrected chi connectivity index (χ4v) is 3.04. The Bertz CT molecular complexity index is 681. The second kappa shape index (κ2) is 8.80. The molecule has 1 unspecified atom stereocenters. The lowest BCUT2D eigenvalue weighted by Gasteiger charge is -2.32. The van der Waals surface area contributed by atoms with Gasteiger partial charge in [0, 0.05) is 37.9 Å². The molecule has 2 amide bonds. The molecule has 0 bridgehead atoms. The second-order valence-corrected chi connectivity index (χ2v) is 7.01. The average molecular weight is 405 g/mol. The third-order valence-corrected chi connectivity index (χ3v) is 4.55. The largest absolute Gasteiger partial charge is 0.463 e. The fourth-order valence-electron chi connectivity index (χ4n) is 2.84. The number of aromatic nitrogens is 2. The number of likely N-dealkylation sites (tertiary alicyclic amines) is 1. The van der Waals surface area contributed by atoms with Crippen LogP contribution in [0.4, 0.5) is 4.79 Å². The Morgan fingerprint density at radius 3 is 2.80 bits per heavy atom. The molecule has 0 saturated carbocycles. The van der Waals surface area contributed by atoms with Gasteiger partial charge >= 0.3 is 12.0 Å². The summed E-state index contributed by atoms with van der Waals surface area (Å²) in [6.07, 6.45) is 5.34. The summed E-state index contributed by atoms with van der Waals surface area (Å²) in [6.45, 7) is 2.54. The number of benzene rings is 1. The maximum absolute atomic E-state index is 12.4. The van der Waals surface area contributed by atoms with Crippen LogP contribution in [0.5, 0.6) is 6.01 Å². The van der Waals surface area contributed by atoms with Gasteiger partial charge in [-0.2, -0.15) is 0 Å². The Morgan fingerprint density at radius 2 is 2.04 bits per heavy atom. The summed E-state index contributed by atoms with van der Waals surface area (Å²) in [6, 6.07) is 10.3. The predicted octanol–water partition coefficient (Wildman–Crippen LogP) is 3.24. The lowest BCUT2D eigenvalue weighted by atomic mass is 9.99. The number of nitrogens with zero attached hydrogens (tertiary/aromatic N) is 3. The van der Waals surface area contributed by atoms with Crippen molar-refractivity contribution < 1.29 is 9.53 Å². The molecule has 2 aromatic rings. The van der Waals surface area contributed by atoms with Gasteiger partial charge in [0.2, 0.25) is 0 Å². The SMILES string of the molecule is O=C(NCc1ccccc1)N1CCCC(COc2ncc(Br)cn2)C1. The van der Waals surface area contributed by atoms with Crippen LogP contribution in [0.1, 0.15) is 18.4 Å². The summed E-state index contributed by atoms with van der Waals surface area (Å²) < 4.78 is 6.47. The van der Waals surface area contributed by atoms with Crippen LogP contribution in [0, 0.1) is 5.92 Å². The molecule has 25 heavy (non-hydrogen) atoms. The van der Waals surface area contributed by atoms with Crippen LogP contribution in [0.15, 0.2) is 47.2 Å². The molecule has 3 rings (SSSR count). The van der Waals surface area contributed by atoms with Gasteiger partial charge in [0.25, 0.3) is 0 Å². The van der Waals surface area contributed by atoms with Gasteiger partial charge < -0.3 is 15.0 Å². The van der Waals surface area contributed by atoms with E-state index in [9.17, 15) is 4.79 Å². The van der Waals surface area contributed by atoms with Crippen molar-refractivity contribution in [3.8, 4) is 6.01 Å². The second-order valence-electron chi connectivity index (χ2n) is 6.09. The zero-order chi connectivity index (χ0) is 17.5. The number of carbonyl (C=O) groups excluding carboxylic acids is 1. The average Bonchev–Trinajstić information content (AvgIpc) is 2.67. The zero-order valence-electron chi connectivity index (χ0n) is 13.9. The molecule has 1 N–H and O–H groups in total. The minimum atomic E-state index is -0.0200. The summed E-state index contributed by atoms with van der Waals surface area (Å²) >= 11 is 3.30. The van der Waals surface area contributed by atoms with Crippen LogP contribution in [-0.2, 0) is 6.54 Å². The van der Waals surface area contributed by atoms with Crippen LogP contribution in [0.3, 0.4) is 0 Å². The zero-order valence-corrected chi connectivity index (χ0v) is 15.5. The van der Waals surface area contributed by atoms with Gasteiger partial charge in [0.1, 0.15) is 0 Å². The van der Waals surface area contributed by atoms with E-state index in [0.717, 1.165) is 29.4 Å². The van der Waals surface area contributed by atoms with Crippen molar-refractivity contribution in [1.29, 1.82) is 0 Å². The number of hydrogen-bond donors (Lipinski definition) is 1. The van der Waals surface area contributed by atoms with E-state index in [2.05, 4.69) is 31.2 Å². The first kappa shape index (κ1) is 17.7. The monoisotopic (exact) mass is 404 g/mol. The molecule has 1 aromatic carbocycles. The highest BCUT2D eigenvalue weighted by molar-refractivity contribution is 9.10. The number of carbonyl (C=O) groups is 1. The van der Waals surface area contributed by atoms with Crippen LogP contribution >= 0.6 is 15.9 Å². The summed E-state index contributed by atoms with van der Waals surface area (Å²) in [5.41, 5.74) is 1.10. The number of hydrogen-bond acceptors (Lipinski definition) is 4. The Kier molecular flexibility index (Phi) is 6.22. The van der Waals surface area contributed by atoms with E-state index < -0.39 is 0 Å². The Labute approximate surface area is 155 Å². The molecule has 1 aliphatic rings. The summed E-state index contributed by atoms with van der Waals surface area (Å²) in [5, 5.41) is 2.99. The molecule has 6 nitrogen and oxygen atoms in total. The maximum Gasteiger partial charge on any atom is 0.317 e. The summed E-state index contributed by atoms with van der Waals surface area (Å²) in [7, 11) is 0. The predicted molar refractivity (Wildman–Crippen MR) is 98.2 cm³/mol. The Balaban J connectivity index is 1.45. The topological polar surface area (TPSA) is 67.4 Å². The van der Waals surface area contributed by atoms with Crippen molar-refractivity contribution >= 4 is 22.0 Å². The molecule has 0 spiro atoms. The minimum Gasteiger partial charge on any atom is -0.463 e. The number of nitrogens with one attached hydrogen (secondary N) is 1. The first-order valence-electron chi connectivity index (χ1n) is 8.38. The van der Waals surface area contributed by atoms with E-state index in [1.165, 1.54) is 0 Å². The number of halogens is 1. The third-order valence-electron chi connectivity index (χ3n) is 4.14. The molecular weight excluding hydrogens is 384 g/mol. The molecular formula is C18H21BrN4O2. The van der Waals surface area contributed by atoms with E-state index in [4.69, 9.17) is 4.74 Å². The van der Waals surface area contributed by atoms with Crippen molar-refractivity contribution in [3.63, 3.8) is 0 Å². The molecule has 132 valence electrons. The van der Waals surface area contributed by atoms with E-state index in [0.29, 0.717) is 31.6 Å². The van der Waals surface area contributed by atoms with E-state index in [1.807, 2.05) is 35.2 Å². The summed E-state index contributed by atoms with van der Waals surface area (Å²) in [5.74, 6) is 0.295. The quantitative estimate of drug-likeness (QED) is 0.830. The van der Waals surface area contributed by atoms with E-state index in [1.54, 1.807) is 12.4 Å². The molecule has 0 aliphatic carbocycles. The molecule has 1 saturated heterocycles. The molecule has 2 heterocycles. The maximum atomic E-state index is 12.4. The number of piperidine rings is 1. The van der Waals surface area contributed by atoms with Gasteiger partial charge in [-0.3, -0.25) is 0 Å². The van der Waals surface area contributed by atoms with Crippen molar-refractivity contribution in [3.05, 3.63) is 52.8 Å². The highest BCUT2D eigenvalue weighted by atomic mass is 79.9. The van der Waals surface area contributed by atoms with E-state index >= 15 is 0 Å². The van der Waals surface area contributed by atoms with Crippen LogP contribution in [0.25, 0.3) is 0 Å². The van der Waals surface area contributed by atoms with Crippen molar-refractivity contribution in [2.75, 3.05) is 19.7 Å². The lowest BCUT2D eigenvalue weighted by molar-refractivity contribution is 0.133. The molecule has 1 aliphatic heterocycles. The van der Waals surface area contributed by atoms with Crippen molar-refractivity contribution in [2.24, 2.45) is 5.92 Å². The van der Waals surface area contributed by atoms with Gasteiger partial charge in [-0.15, -0.1) is 0 Å². The molecule has 0 radical (unpaired) electrons. The van der Waals surface area contributed by atoms with E-state index in [-0.39, 0.29) is 6.03 Å². The normalized spacial score (nSPS) is 17.2. The highest BCUT2D eigenvalue weighted by Crippen LogP contribution is 2.18. The first-order valence-corrected chi connectivity index (χ1v) is 9.17. The third kappa shape index (κ3) is 5.42. The Hall–Kier alpha value is -2.15. The number of urea groups is 1. The smallest absolute Gasteiger partial charge is 0.317 e. The number of amides is 2. The fraction of sp³-hybridized carbons (Fsp3) is 0.389. The molecule has 1 atom stereocenters. The Morgan fingerprint density at radius 1 is 1.28 bits per heavy atom. The van der Waals surface area contributed by atoms with Gasteiger partial charge in [-0.05, 0) is 34.3 Å². The lowest BCUT2D eigenvalue weighted by Crippen LogP contribution is -2.46. The number of ether oxygens (including phenoxy) is 1. The van der Waals surface area contributed by atoms with Gasteiger partial charge in [-0.25, -0.2) is 14.8 Å². The molecule has 1 fully saturated rings. The standard InChI is InChI=1S/C18H21BrN4O2/c19-16-10-20-17(21-11-16)25-13-15-7-4-8-23(12-15)18(24)22-9-14-5-2-1-3-6-14/h1-3,5-6,10-11,15H,4,7-9,12-13H2,(H,22,24). The first-order chi connectivity index (χ1) is 12.2. The van der Waals surface area contributed by atoms with Crippen LogP contribution < -0.4 is 10.1 Å². The highest BCUT2D eigenvalue weighted by Gasteiger charge is 2.24. The van der Waals surface area contributed by atoms with Crippen molar-refractivity contribution in [1.82, 2.24) is 20.2 Å². The van der Waals surface area contributed by atoms with Crippen LogP contribution in [-0.4, -0.2) is 40.6 Å². The van der Waals surface area contributed by atoms with Crippen molar-refractivity contribution in [2.45, 2.75) is 19.4 Å². The van der Waals surface area contributed by atoms with Gasteiger partial charge in [-0.1, -0.05) is 30.3 Å². The summed E-state index contributed by atoms with van der Waals surface area (Å²) in [4.78, 5) is 22.5. The van der Waals surface area contributed by atoms with Gasteiger partial charge in [0.15, 0.2) is 0 Å². The minimum absolute atomic E-state index is 0.0200. The van der Waals surface area contributed by atoms with Crippen LogP contribution in [0.2, 0.25) is 0 Å². The molecule has 1 aromatic heterocycles.